The van der Waals surface area contributed by atoms with Crippen molar-refractivity contribution < 1.29 is 9.21 Å². The largest absolute Gasteiger partial charge is 0.467 e. The van der Waals surface area contributed by atoms with Crippen molar-refractivity contribution in [3.8, 4) is 0 Å². The van der Waals surface area contributed by atoms with E-state index >= 15 is 0 Å². The van der Waals surface area contributed by atoms with Gasteiger partial charge in [-0.3, -0.25) is 9.69 Å². The summed E-state index contributed by atoms with van der Waals surface area (Å²) in [7, 11) is 0. The second-order valence-electron chi connectivity index (χ2n) is 4.30. The highest BCUT2D eigenvalue weighted by Gasteiger charge is 2.19. The van der Waals surface area contributed by atoms with Crippen LogP contribution in [-0.4, -0.2) is 36.5 Å². The Morgan fingerprint density at radius 3 is 2.89 bits per heavy atom. The minimum atomic E-state index is -0.163. The molecule has 18 heavy (non-hydrogen) atoms. The number of nitrogens with zero attached hydrogens (tertiary/aromatic N) is 1. The summed E-state index contributed by atoms with van der Waals surface area (Å²) in [6, 6.07) is 3.49. The van der Waals surface area contributed by atoms with Gasteiger partial charge in [0.25, 0.3) is 0 Å². The molecule has 5 heteroatoms. The molecular weight excluding hydrogens is 230 g/mol. The van der Waals surface area contributed by atoms with Crippen molar-refractivity contribution in [2.24, 2.45) is 5.73 Å². The maximum absolute atomic E-state index is 12.0. The van der Waals surface area contributed by atoms with Gasteiger partial charge in [0, 0.05) is 13.1 Å². The molecule has 3 N–H and O–H groups in total. The maximum atomic E-state index is 12.0. The van der Waals surface area contributed by atoms with Crippen molar-refractivity contribution >= 4 is 5.91 Å². The Bertz CT molecular complexity index is 332. The number of amides is 1. The molecule has 102 valence electrons. The van der Waals surface area contributed by atoms with E-state index in [1.165, 1.54) is 0 Å². The van der Waals surface area contributed by atoms with E-state index in [0.717, 1.165) is 25.3 Å². The molecule has 1 amide bonds. The zero-order valence-corrected chi connectivity index (χ0v) is 11.2. The average Bonchev–Trinajstić information content (AvgIpc) is 2.88. The zero-order chi connectivity index (χ0) is 13.4. The Kier molecular flexibility index (Phi) is 6.46. The predicted octanol–water partition coefficient (Wildman–Crippen LogP) is 0.955. The molecule has 5 nitrogen and oxygen atoms in total. The molecule has 1 unspecified atom stereocenters. The standard InChI is InChI=1S/C13H23N3O2/c1-3-7-16(8-6-14)11(2)13(17)15-10-12-5-4-9-18-12/h4-5,9,11H,3,6-8,10,14H2,1-2H3,(H,15,17). The summed E-state index contributed by atoms with van der Waals surface area (Å²) in [5.74, 6) is 0.768. The lowest BCUT2D eigenvalue weighted by molar-refractivity contribution is -0.126. The molecule has 0 aromatic carbocycles. The van der Waals surface area contributed by atoms with Gasteiger partial charge in [-0.2, -0.15) is 0 Å². The number of carbonyl (C=O) groups is 1. The van der Waals surface area contributed by atoms with Crippen LogP contribution < -0.4 is 11.1 Å². The lowest BCUT2D eigenvalue weighted by atomic mass is 10.2. The first kappa shape index (κ1) is 14.7. The molecule has 0 aliphatic heterocycles. The molecular formula is C13H23N3O2. The van der Waals surface area contributed by atoms with Gasteiger partial charge in [0.2, 0.25) is 5.91 Å². The van der Waals surface area contributed by atoms with Gasteiger partial charge in [-0.15, -0.1) is 0 Å². The van der Waals surface area contributed by atoms with Crippen LogP contribution >= 0.6 is 0 Å². The first-order valence-corrected chi connectivity index (χ1v) is 6.43. The summed E-state index contributed by atoms with van der Waals surface area (Å²) < 4.78 is 5.17. The predicted molar refractivity (Wildman–Crippen MR) is 70.9 cm³/mol. The van der Waals surface area contributed by atoms with Crippen LogP contribution in [0.4, 0.5) is 0 Å². The van der Waals surface area contributed by atoms with Crippen LogP contribution in [0.3, 0.4) is 0 Å². The number of hydrogen-bond acceptors (Lipinski definition) is 4. The van der Waals surface area contributed by atoms with Gasteiger partial charge in [-0.1, -0.05) is 6.92 Å². The van der Waals surface area contributed by atoms with Crippen molar-refractivity contribution in [2.45, 2.75) is 32.9 Å². The van der Waals surface area contributed by atoms with Crippen LogP contribution in [0.25, 0.3) is 0 Å². The molecule has 0 aliphatic carbocycles. The number of carbonyl (C=O) groups excluding carboxylic acids is 1. The minimum absolute atomic E-state index is 0.00769. The minimum Gasteiger partial charge on any atom is -0.467 e. The number of rotatable bonds is 8. The molecule has 1 aromatic rings. The van der Waals surface area contributed by atoms with Crippen molar-refractivity contribution in [2.75, 3.05) is 19.6 Å². The van der Waals surface area contributed by atoms with Gasteiger partial charge in [0.1, 0.15) is 5.76 Å². The Balaban J connectivity index is 2.42. The molecule has 0 bridgehead atoms. The highest BCUT2D eigenvalue weighted by atomic mass is 16.3. The lowest BCUT2D eigenvalue weighted by Crippen LogP contribution is -2.47. The first-order chi connectivity index (χ1) is 8.69. The van der Waals surface area contributed by atoms with Gasteiger partial charge in [-0.25, -0.2) is 0 Å². The smallest absolute Gasteiger partial charge is 0.237 e. The molecule has 1 heterocycles. The quantitative estimate of drug-likeness (QED) is 0.723. The second kappa shape index (κ2) is 7.89. The van der Waals surface area contributed by atoms with Crippen molar-refractivity contribution in [1.82, 2.24) is 10.2 Å². The Morgan fingerprint density at radius 2 is 2.33 bits per heavy atom. The number of nitrogens with one attached hydrogen (secondary N) is 1. The van der Waals surface area contributed by atoms with Gasteiger partial charge < -0.3 is 15.5 Å². The molecule has 1 rings (SSSR count). The highest BCUT2D eigenvalue weighted by Crippen LogP contribution is 2.02. The van der Waals surface area contributed by atoms with E-state index in [1.807, 2.05) is 19.1 Å². The van der Waals surface area contributed by atoms with Crippen molar-refractivity contribution in [3.63, 3.8) is 0 Å². The first-order valence-electron chi connectivity index (χ1n) is 6.43. The van der Waals surface area contributed by atoms with Gasteiger partial charge >= 0.3 is 0 Å². The Labute approximate surface area is 108 Å². The molecule has 1 atom stereocenters. The molecule has 0 fully saturated rings. The third kappa shape index (κ3) is 4.50. The molecule has 0 aliphatic rings. The third-order valence-corrected chi connectivity index (χ3v) is 2.87. The van der Waals surface area contributed by atoms with Crippen LogP contribution in [0.2, 0.25) is 0 Å². The van der Waals surface area contributed by atoms with E-state index < -0.39 is 0 Å². The van der Waals surface area contributed by atoms with E-state index in [-0.39, 0.29) is 11.9 Å². The summed E-state index contributed by atoms with van der Waals surface area (Å²) in [5.41, 5.74) is 5.56. The summed E-state index contributed by atoms with van der Waals surface area (Å²) in [5, 5.41) is 2.87. The summed E-state index contributed by atoms with van der Waals surface area (Å²) in [6.45, 7) is 6.62. The van der Waals surface area contributed by atoms with E-state index in [4.69, 9.17) is 10.2 Å². The molecule has 0 spiro atoms. The van der Waals surface area contributed by atoms with Gasteiger partial charge in [0.15, 0.2) is 0 Å². The van der Waals surface area contributed by atoms with Crippen LogP contribution in [0.15, 0.2) is 22.8 Å². The van der Waals surface area contributed by atoms with E-state index in [0.29, 0.717) is 13.1 Å². The Hall–Kier alpha value is -1.33. The number of furan rings is 1. The topological polar surface area (TPSA) is 71.5 Å². The SMILES string of the molecule is CCCN(CCN)C(C)C(=O)NCc1ccco1. The molecule has 0 radical (unpaired) electrons. The van der Waals surface area contributed by atoms with Crippen LogP contribution in [0.5, 0.6) is 0 Å². The monoisotopic (exact) mass is 253 g/mol. The zero-order valence-electron chi connectivity index (χ0n) is 11.2. The maximum Gasteiger partial charge on any atom is 0.237 e. The van der Waals surface area contributed by atoms with Crippen LogP contribution in [0, 0.1) is 0 Å². The summed E-state index contributed by atoms with van der Waals surface area (Å²) in [6.07, 6.45) is 2.61. The van der Waals surface area contributed by atoms with Crippen LogP contribution in [0.1, 0.15) is 26.0 Å². The fourth-order valence-electron chi connectivity index (χ4n) is 1.85. The van der Waals surface area contributed by atoms with E-state index in [9.17, 15) is 4.79 Å². The fourth-order valence-corrected chi connectivity index (χ4v) is 1.85. The van der Waals surface area contributed by atoms with E-state index in [2.05, 4.69) is 17.1 Å². The van der Waals surface area contributed by atoms with Crippen LogP contribution in [-0.2, 0) is 11.3 Å². The number of hydrogen-bond donors (Lipinski definition) is 2. The Morgan fingerprint density at radius 1 is 1.56 bits per heavy atom. The average molecular weight is 253 g/mol. The van der Waals surface area contributed by atoms with Crippen molar-refractivity contribution in [3.05, 3.63) is 24.2 Å². The normalized spacial score (nSPS) is 12.7. The van der Waals surface area contributed by atoms with E-state index in [1.54, 1.807) is 6.26 Å². The lowest BCUT2D eigenvalue weighted by Gasteiger charge is -2.27. The van der Waals surface area contributed by atoms with Gasteiger partial charge in [0.05, 0.1) is 18.8 Å². The van der Waals surface area contributed by atoms with Crippen molar-refractivity contribution in [1.29, 1.82) is 0 Å². The fraction of sp³-hybridized carbons (Fsp3) is 0.615. The molecule has 0 saturated carbocycles. The second-order valence-corrected chi connectivity index (χ2v) is 4.30. The summed E-state index contributed by atoms with van der Waals surface area (Å²) in [4.78, 5) is 14.1. The summed E-state index contributed by atoms with van der Waals surface area (Å²) >= 11 is 0. The molecule has 0 saturated heterocycles. The number of nitrogens with two attached hydrogens (primary N) is 1. The highest BCUT2D eigenvalue weighted by molar-refractivity contribution is 5.81. The van der Waals surface area contributed by atoms with Gasteiger partial charge in [-0.05, 0) is 32.0 Å². The molecule has 1 aromatic heterocycles. The third-order valence-electron chi connectivity index (χ3n) is 2.87.